The molecule has 0 unspecified atom stereocenters. The van der Waals surface area contributed by atoms with Crippen molar-refractivity contribution >= 4 is 23.6 Å². The van der Waals surface area contributed by atoms with Gasteiger partial charge in [-0.15, -0.1) is 11.8 Å². The average Bonchev–Trinajstić information content (AvgIpc) is 2.96. The minimum atomic E-state index is -0.0576. The van der Waals surface area contributed by atoms with Crippen molar-refractivity contribution in [1.82, 2.24) is 9.80 Å². The Balaban J connectivity index is 2.06. The van der Waals surface area contributed by atoms with Crippen LogP contribution in [-0.2, 0) is 14.3 Å². The minimum Gasteiger partial charge on any atom is -0.497 e. The van der Waals surface area contributed by atoms with Crippen molar-refractivity contribution in [3.8, 4) is 5.75 Å². The zero-order chi connectivity index (χ0) is 18.4. The van der Waals surface area contributed by atoms with E-state index in [1.807, 2.05) is 43.0 Å². The fourth-order valence-electron chi connectivity index (χ4n) is 2.83. The second-order valence-corrected chi connectivity index (χ2v) is 7.21. The van der Waals surface area contributed by atoms with E-state index in [0.717, 1.165) is 11.3 Å². The van der Waals surface area contributed by atoms with Gasteiger partial charge in [-0.2, -0.15) is 0 Å². The van der Waals surface area contributed by atoms with E-state index in [-0.39, 0.29) is 29.8 Å². The molecule has 1 aromatic carbocycles. The number of hydrogen-bond donors (Lipinski definition) is 0. The van der Waals surface area contributed by atoms with Crippen molar-refractivity contribution in [2.75, 3.05) is 39.7 Å². The molecule has 2 amide bonds. The Morgan fingerprint density at radius 1 is 1.32 bits per heavy atom. The number of ether oxygens (including phenoxy) is 2. The predicted octanol–water partition coefficient (Wildman–Crippen LogP) is 2.15. The minimum absolute atomic E-state index is 0.0232. The van der Waals surface area contributed by atoms with Crippen LogP contribution >= 0.6 is 11.8 Å². The number of amides is 2. The zero-order valence-corrected chi connectivity index (χ0v) is 16.0. The summed E-state index contributed by atoms with van der Waals surface area (Å²) in [6.45, 7) is 5.00. The van der Waals surface area contributed by atoms with Crippen LogP contribution in [0.4, 0.5) is 0 Å². The second kappa shape index (κ2) is 9.10. The molecule has 1 fully saturated rings. The van der Waals surface area contributed by atoms with Gasteiger partial charge in [-0.05, 0) is 31.5 Å². The Labute approximate surface area is 153 Å². The lowest BCUT2D eigenvalue weighted by atomic mass is 10.2. The van der Waals surface area contributed by atoms with Crippen molar-refractivity contribution in [2.45, 2.75) is 25.3 Å². The molecule has 0 spiro atoms. The predicted molar refractivity (Wildman–Crippen MR) is 98.6 cm³/mol. The highest BCUT2D eigenvalue weighted by atomic mass is 32.2. The number of carbonyl (C=O) groups is 2. The fourth-order valence-corrected chi connectivity index (χ4v) is 4.05. The molecule has 0 bridgehead atoms. The van der Waals surface area contributed by atoms with Gasteiger partial charge in [0.15, 0.2) is 0 Å². The molecule has 1 saturated heterocycles. The van der Waals surface area contributed by atoms with E-state index in [0.29, 0.717) is 18.8 Å². The van der Waals surface area contributed by atoms with E-state index in [1.54, 1.807) is 23.8 Å². The number of thioether (sulfide) groups is 1. The van der Waals surface area contributed by atoms with Crippen molar-refractivity contribution in [2.24, 2.45) is 0 Å². The summed E-state index contributed by atoms with van der Waals surface area (Å²) in [5, 5.41) is -0.0232. The van der Waals surface area contributed by atoms with E-state index in [9.17, 15) is 9.59 Å². The molecule has 1 aliphatic heterocycles. The fraction of sp³-hybridized carbons (Fsp3) is 0.556. The Hall–Kier alpha value is -1.73. The van der Waals surface area contributed by atoms with Gasteiger partial charge < -0.3 is 19.3 Å². The van der Waals surface area contributed by atoms with Crippen molar-refractivity contribution in [1.29, 1.82) is 0 Å². The lowest BCUT2D eigenvalue weighted by molar-refractivity contribution is -0.138. The number of benzene rings is 1. The van der Waals surface area contributed by atoms with Gasteiger partial charge in [-0.1, -0.05) is 12.1 Å². The highest BCUT2D eigenvalue weighted by molar-refractivity contribution is 8.00. The van der Waals surface area contributed by atoms with Crippen molar-refractivity contribution < 1.29 is 19.1 Å². The number of nitrogens with zero attached hydrogens (tertiary/aromatic N) is 2. The second-order valence-electron chi connectivity index (χ2n) is 6.14. The van der Waals surface area contributed by atoms with E-state index in [1.165, 1.54) is 7.11 Å². The molecule has 0 radical (unpaired) electrons. The smallest absolute Gasteiger partial charge is 0.248 e. The molecule has 1 heterocycles. The zero-order valence-electron chi connectivity index (χ0n) is 15.2. The van der Waals surface area contributed by atoms with Crippen LogP contribution in [0.2, 0.25) is 0 Å². The van der Waals surface area contributed by atoms with Crippen LogP contribution in [0, 0.1) is 0 Å². The van der Waals surface area contributed by atoms with Crippen molar-refractivity contribution in [3.05, 3.63) is 29.8 Å². The van der Waals surface area contributed by atoms with Gasteiger partial charge in [0.1, 0.15) is 17.7 Å². The number of methoxy groups -OCH3 is 2. The van der Waals surface area contributed by atoms with Crippen LogP contribution in [0.25, 0.3) is 0 Å². The first kappa shape index (κ1) is 19.6. The molecule has 2 rings (SSSR count). The third kappa shape index (κ3) is 4.89. The van der Waals surface area contributed by atoms with Crippen LogP contribution in [0.1, 0.15) is 24.8 Å². The molecule has 1 aliphatic rings. The maximum Gasteiger partial charge on any atom is 0.248 e. The lowest BCUT2D eigenvalue weighted by Gasteiger charge is -2.31. The van der Waals surface area contributed by atoms with E-state index < -0.39 is 0 Å². The summed E-state index contributed by atoms with van der Waals surface area (Å²) in [5.41, 5.74) is 1.07. The lowest BCUT2D eigenvalue weighted by Crippen LogP contribution is -2.44. The molecule has 7 heteroatoms. The molecule has 1 aromatic rings. The van der Waals surface area contributed by atoms with Gasteiger partial charge in [0.25, 0.3) is 0 Å². The van der Waals surface area contributed by atoms with Crippen LogP contribution in [0.3, 0.4) is 0 Å². The Bertz CT molecular complexity index is 591. The molecule has 25 heavy (non-hydrogen) atoms. The van der Waals surface area contributed by atoms with Gasteiger partial charge in [-0.25, -0.2) is 0 Å². The highest BCUT2D eigenvalue weighted by Crippen LogP contribution is 2.38. The summed E-state index contributed by atoms with van der Waals surface area (Å²) in [6.07, 6.45) is 0. The molecular formula is C18H26N2O4S. The monoisotopic (exact) mass is 366 g/mol. The Morgan fingerprint density at radius 2 is 2.00 bits per heavy atom. The number of hydrogen-bond acceptors (Lipinski definition) is 5. The quantitative estimate of drug-likeness (QED) is 0.706. The molecule has 0 saturated carbocycles. The number of carbonyl (C=O) groups excluding carboxylic acids is 2. The maximum atomic E-state index is 12.3. The van der Waals surface area contributed by atoms with E-state index in [4.69, 9.17) is 9.47 Å². The first-order chi connectivity index (χ1) is 12.0. The first-order valence-electron chi connectivity index (χ1n) is 8.31. The normalized spacial score (nSPS) is 17.2. The van der Waals surface area contributed by atoms with Crippen LogP contribution in [0.5, 0.6) is 5.75 Å². The summed E-state index contributed by atoms with van der Waals surface area (Å²) in [6, 6.07) is 7.84. The third-order valence-corrected chi connectivity index (χ3v) is 5.42. The Kier molecular flexibility index (Phi) is 7.13. The topological polar surface area (TPSA) is 59.1 Å². The highest BCUT2D eigenvalue weighted by Gasteiger charge is 2.33. The van der Waals surface area contributed by atoms with Gasteiger partial charge in [-0.3, -0.25) is 9.59 Å². The SMILES string of the molecule is COCC(=O)N(CCN1C(=O)CS[C@H]1c1ccc(OC)cc1)C(C)C. The molecule has 0 aromatic heterocycles. The van der Waals surface area contributed by atoms with E-state index in [2.05, 4.69) is 0 Å². The third-order valence-electron chi connectivity index (χ3n) is 4.16. The van der Waals surface area contributed by atoms with Gasteiger partial charge >= 0.3 is 0 Å². The summed E-state index contributed by atoms with van der Waals surface area (Å²) in [5.74, 6) is 1.30. The van der Waals surface area contributed by atoms with Crippen LogP contribution in [0.15, 0.2) is 24.3 Å². The first-order valence-corrected chi connectivity index (χ1v) is 9.36. The van der Waals surface area contributed by atoms with Crippen molar-refractivity contribution in [3.63, 3.8) is 0 Å². The average molecular weight is 366 g/mol. The largest absolute Gasteiger partial charge is 0.497 e. The van der Waals surface area contributed by atoms with Gasteiger partial charge in [0.2, 0.25) is 11.8 Å². The maximum absolute atomic E-state index is 12.3. The summed E-state index contributed by atoms with van der Waals surface area (Å²) >= 11 is 1.61. The summed E-state index contributed by atoms with van der Waals surface area (Å²) in [7, 11) is 3.14. The van der Waals surface area contributed by atoms with E-state index >= 15 is 0 Å². The molecule has 0 aliphatic carbocycles. The molecule has 1 atom stereocenters. The Morgan fingerprint density at radius 3 is 2.56 bits per heavy atom. The molecule has 0 N–H and O–H groups in total. The number of rotatable bonds is 8. The summed E-state index contributed by atoms with van der Waals surface area (Å²) < 4.78 is 10.1. The molecular weight excluding hydrogens is 340 g/mol. The van der Waals surface area contributed by atoms with Crippen LogP contribution in [-0.4, -0.2) is 67.3 Å². The molecule has 6 nitrogen and oxygen atoms in total. The van der Waals surface area contributed by atoms with Gasteiger partial charge in [0, 0.05) is 26.2 Å². The standard InChI is InChI=1S/C18H26N2O4S/c1-13(2)19(16(21)11-23-3)9-10-20-17(22)12-25-18(20)14-5-7-15(24-4)8-6-14/h5-8,13,18H,9-12H2,1-4H3/t18-/m0/s1. The van der Waals surface area contributed by atoms with Gasteiger partial charge in [0.05, 0.1) is 12.9 Å². The van der Waals surface area contributed by atoms with Crippen LogP contribution < -0.4 is 4.74 Å². The summed E-state index contributed by atoms with van der Waals surface area (Å²) in [4.78, 5) is 28.1. The molecule has 138 valence electrons.